The van der Waals surface area contributed by atoms with Crippen LogP contribution < -0.4 is 10.6 Å². The van der Waals surface area contributed by atoms with Crippen molar-refractivity contribution in [3.63, 3.8) is 0 Å². The lowest BCUT2D eigenvalue weighted by atomic mass is 10.2. The third-order valence-corrected chi connectivity index (χ3v) is 4.25. The smallest absolute Gasteiger partial charge is 0.271 e. The van der Waals surface area contributed by atoms with Crippen LogP contribution in [-0.2, 0) is 4.79 Å². The topological polar surface area (TPSA) is 108 Å². The summed E-state index contributed by atoms with van der Waals surface area (Å²) in [6, 6.07) is 10.1. The highest BCUT2D eigenvalue weighted by Crippen LogP contribution is 2.30. The van der Waals surface area contributed by atoms with Crippen molar-refractivity contribution in [3.8, 4) is 6.07 Å². The van der Waals surface area contributed by atoms with E-state index in [4.69, 9.17) is 40.1 Å². The average Bonchev–Trinajstić information content (AvgIpc) is 2.60. The van der Waals surface area contributed by atoms with E-state index in [1.807, 2.05) is 0 Å². The van der Waals surface area contributed by atoms with Crippen molar-refractivity contribution in [2.45, 2.75) is 0 Å². The predicted molar refractivity (Wildman–Crippen MR) is 101 cm³/mol. The van der Waals surface area contributed by atoms with E-state index < -0.39 is 10.8 Å². The van der Waals surface area contributed by atoms with Gasteiger partial charge in [0.15, 0.2) is 0 Å². The molecule has 132 valence electrons. The maximum absolute atomic E-state index is 12.2. The fraction of sp³-hybridized carbons (Fsp3) is 0. The molecule has 0 spiro atoms. The molecule has 0 aliphatic carbocycles. The van der Waals surface area contributed by atoms with Crippen molar-refractivity contribution in [1.29, 1.82) is 5.26 Å². The fourth-order valence-corrected chi connectivity index (χ4v) is 2.35. The summed E-state index contributed by atoms with van der Waals surface area (Å²) in [5.41, 5.74) is -0.152. The molecule has 26 heavy (non-hydrogen) atoms. The number of hydrogen-bond donors (Lipinski definition) is 2. The average molecular weight is 412 g/mol. The largest absolute Gasteiger partial charge is 0.359 e. The molecule has 2 N–H and O–H groups in total. The van der Waals surface area contributed by atoms with Crippen LogP contribution >= 0.6 is 34.8 Å². The molecule has 0 fully saturated rings. The van der Waals surface area contributed by atoms with Gasteiger partial charge < -0.3 is 10.6 Å². The SMILES string of the molecule is N#C/C(=C/Nc1cccc(Cl)c1Cl)C(=O)Nc1cc([N+](=O)[O-])ccc1Cl. The van der Waals surface area contributed by atoms with Gasteiger partial charge in [0.25, 0.3) is 11.6 Å². The Labute approximate surface area is 162 Å². The van der Waals surface area contributed by atoms with Crippen LogP contribution in [0.3, 0.4) is 0 Å². The molecule has 7 nitrogen and oxygen atoms in total. The number of rotatable bonds is 5. The first-order valence-electron chi connectivity index (χ1n) is 6.89. The second-order valence-corrected chi connectivity index (χ2v) is 5.98. The van der Waals surface area contributed by atoms with Crippen LogP contribution in [0.5, 0.6) is 0 Å². The van der Waals surface area contributed by atoms with E-state index in [0.29, 0.717) is 10.7 Å². The van der Waals surface area contributed by atoms with Gasteiger partial charge in [-0.2, -0.15) is 5.26 Å². The van der Waals surface area contributed by atoms with Gasteiger partial charge in [0.2, 0.25) is 0 Å². The minimum atomic E-state index is -0.805. The van der Waals surface area contributed by atoms with Crippen molar-refractivity contribution < 1.29 is 9.72 Å². The minimum Gasteiger partial charge on any atom is -0.359 e. The van der Waals surface area contributed by atoms with Crippen molar-refractivity contribution in [1.82, 2.24) is 0 Å². The van der Waals surface area contributed by atoms with E-state index in [1.165, 1.54) is 12.1 Å². The number of nitro benzene ring substituents is 1. The third-order valence-electron chi connectivity index (χ3n) is 3.10. The van der Waals surface area contributed by atoms with Gasteiger partial charge in [0.05, 0.1) is 31.4 Å². The zero-order valence-electron chi connectivity index (χ0n) is 12.8. The molecule has 0 saturated heterocycles. The third kappa shape index (κ3) is 4.64. The van der Waals surface area contributed by atoms with Gasteiger partial charge in [-0.05, 0) is 18.2 Å². The number of carbonyl (C=O) groups excluding carboxylic acids is 1. The highest BCUT2D eigenvalue weighted by Gasteiger charge is 2.15. The van der Waals surface area contributed by atoms with Crippen LogP contribution in [0, 0.1) is 21.4 Å². The highest BCUT2D eigenvalue weighted by molar-refractivity contribution is 6.43. The van der Waals surface area contributed by atoms with E-state index in [9.17, 15) is 14.9 Å². The predicted octanol–water partition coefficient (Wildman–Crippen LogP) is 5.01. The lowest BCUT2D eigenvalue weighted by molar-refractivity contribution is -0.384. The number of hydrogen-bond acceptors (Lipinski definition) is 5. The number of carbonyl (C=O) groups is 1. The first-order valence-corrected chi connectivity index (χ1v) is 8.03. The molecular weight excluding hydrogens is 403 g/mol. The summed E-state index contributed by atoms with van der Waals surface area (Å²) >= 11 is 17.8. The Morgan fingerprint density at radius 1 is 1.15 bits per heavy atom. The van der Waals surface area contributed by atoms with Crippen LogP contribution in [0.15, 0.2) is 48.2 Å². The summed E-state index contributed by atoms with van der Waals surface area (Å²) in [5, 5.41) is 25.7. The van der Waals surface area contributed by atoms with Gasteiger partial charge in [-0.3, -0.25) is 14.9 Å². The van der Waals surface area contributed by atoms with Gasteiger partial charge in [-0.1, -0.05) is 40.9 Å². The molecule has 0 aliphatic rings. The lowest BCUT2D eigenvalue weighted by Crippen LogP contribution is -2.15. The Morgan fingerprint density at radius 3 is 2.54 bits per heavy atom. The fourth-order valence-electron chi connectivity index (χ4n) is 1.83. The summed E-state index contributed by atoms with van der Waals surface area (Å²) in [5.74, 6) is -0.805. The van der Waals surface area contributed by atoms with Crippen molar-refractivity contribution >= 4 is 57.8 Å². The highest BCUT2D eigenvalue weighted by atomic mass is 35.5. The monoisotopic (exact) mass is 410 g/mol. The van der Waals surface area contributed by atoms with E-state index in [-0.39, 0.29) is 27.0 Å². The van der Waals surface area contributed by atoms with E-state index in [0.717, 1.165) is 12.3 Å². The maximum Gasteiger partial charge on any atom is 0.271 e. The normalized spacial score (nSPS) is 10.8. The number of nitrogens with one attached hydrogen (secondary N) is 2. The maximum atomic E-state index is 12.2. The molecule has 0 bridgehead atoms. The zero-order valence-corrected chi connectivity index (χ0v) is 15.1. The van der Waals surface area contributed by atoms with Crippen LogP contribution in [0.4, 0.5) is 17.1 Å². The van der Waals surface area contributed by atoms with Crippen LogP contribution in [0.1, 0.15) is 0 Å². The summed E-state index contributed by atoms with van der Waals surface area (Å²) in [6.45, 7) is 0. The summed E-state index contributed by atoms with van der Waals surface area (Å²) in [4.78, 5) is 22.4. The number of benzene rings is 2. The first-order chi connectivity index (χ1) is 12.3. The first kappa shape index (κ1) is 19.5. The number of nitriles is 1. The molecule has 0 atom stereocenters. The minimum absolute atomic E-state index is 0.00723. The number of non-ortho nitro benzene ring substituents is 1. The number of amides is 1. The Kier molecular flexibility index (Phi) is 6.41. The Morgan fingerprint density at radius 2 is 1.88 bits per heavy atom. The Hall–Kier alpha value is -2.79. The summed E-state index contributed by atoms with van der Waals surface area (Å²) < 4.78 is 0. The summed E-state index contributed by atoms with van der Waals surface area (Å²) in [6.07, 6.45) is 1.14. The van der Waals surface area contributed by atoms with E-state index >= 15 is 0 Å². The summed E-state index contributed by atoms with van der Waals surface area (Å²) in [7, 11) is 0. The van der Waals surface area contributed by atoms with Gasteiger partial charge in [-0.15, -0.1) is 0 Å². The standard InChI is InChI=1S/C16H9Cl3N4O3/c17-11-5-4-10(23(25)26)6-14(11)22-16(24)9(7-20)8-21-13-3-1-2-12(18)15(13)19/h1-6,8,21H,(H,22,24)/b9-8-. The molecule has 0 heterocycles. The Bertz CT molecular complexity index is 954. The van der Waals surface area contributed by atoms with Gasteiger partial charge >= 0.3 is 0 Å². The van der Waals surface area contributed by atoms with Crippen LogP contribution in [0.2, 0.25) is 15.1 Å². The molecule has 2 aromatic carbocycles. The molecule has 0 saturated carbocycles. The van der Waals surface area contributed by atoms with Crippen molar-refractivity contribution in [2.24, 2.45) is 0 Å². The molecule has 1 amide bonds. The number of nitrogens with zero attached hydrogens (tertiary/aromatic N) is 2. The Balaban J connectivity index is 2.21. The van der Waals surface area contributed by atoms with Gasteiger partial charge in [0, 0.05) is 18.3 Å². The molecule has 10 heteroatoms. The van der Waals surface area contributed by atoms with E-state index in [2.05, 4.69) is 10.6 Å². The molecule has 0 radical (unpaired) electrons. The van der Waals surface area contributed by atoms with Crippen LogP contribution in [-0.4, -0.2) is 10.8 Å². The number of anilines is 2. The van der Waals surface area contributed by atoms with E-state index in [1.54, 1.807) is 24.3 Å². The van der Waals surface area contributed by atoms with Gasteiger partial charge in [-0.25, -0.2) is 0 Å². The molecule has 2 aromatic rings. The lowest BCUT2D eigenvalue weighted by Gasteiger charge is -2.08. The molecule has 0 aromatic heterocycles. The van der Waals surface area contributed by atoms with Crippen molar-refractivity contribution in [2.75, 3.05) is 10.6 Å². The second kappa shape index (κ2) is 8.54. The molecule has 0 aliphatic heterocycles. The molecule has 0 unspecified atom stereocenters. The second-order valence-electron chi connectivity index (χ2n) is 4.79. The zero-order chi connectivity index (χ0) is 19.3. The van der Waals surface area contributed by atoms with Crippen LogP contribution in [0.25, 0.3) is 0 Å². The van der Waals surface area contributed by atoms with Crippen molar-refractivity contribution in [3.05, 3.63) is 73.4 Å². The quantitative estimate of drug-likeness (QED) is 0.311. The molecule has 2 rings (SSSR count). The number of halogens is 3. The molecular formula is C16H9Cl3N4O3. The van der Waals surface area contributed by atoms with Gasteiger partial charge in [0.1, 0.15) is 11.6 Å². The number of nitro groups is 1.